The molecule has 3 aromatic rings. The van der Waals surface area contributed by atoms with Gasteiger partial charge in [-0.05, 0) is 53.5 Å². The second-order valence-electron chi connectivity index (χ2n) is 4.80. The lowest BCUT2D eigenvalue weighted by Gasteiger charge is -2.13. The molecule has 0 fully saturated rings. The van der Waals surface area contributed by atoms with E-state index < -0.39 is 0 Å². The molecule has 3 nitrogen and oxygen atoms in total. The van der Waals surface area contributed by atoms with Gasteiger partial charge in [0.2, 0.25) is 0 Å². The Bertz CT molecular complexity index is 827. The fourth-order valence-corrected chi connectivity index (χ4v) is 3.12. The molecule has 0 amide bonds. The van der Waals surface area contributed by atoms with Crippen molar-refractivity contribution in [3.05, 3.63) is 50.8 Å². The zero-order valence-electron chi connectivity index (χ0n) is 11.4. The fraction of sp³-hybridized carbons (Fsp3) is 0.200. The smallest absolute Gasteiger partial charge is 0.164 e. The molecule has 0 spiro atoms. The minimum absolute atomic E-state index is 0.212. The zero-order valence-corrected chi connectivity index (χ0v) is 15.4. The van der Waals surface area contributed by atoms with Gasteiger partial charge in [-0.1, -0.05) is 22.0 Å². The van der Waals surface area contributed by atoms with E-state index >= 15 is 0 Å². The van der Waals surface area contributed by atoms with E-state index in [9.17, 15) is 0 Å². The normalized spacial score (nSPS) is 12.8. The molecule has 2 heterocycles. The summed E-state index contributed by atoms with van der Waals surface area (Å²) in [6, 6.07) is 8.02. The average Bonchev–Trinajstić information content (AvgIpc) is 2.80. The van der Waals surface area contributed by atoms with Crippen LogP contribution in [0.4, 0.5) is 0 Å². The molecule has 108 valence electrons. The van der Waals surface area contributed by atoms with E-state index in [-0.39, 0.29) is 5.38 Å². The summed E-state index contributed by atoms with van der Waals surface area (Å²) in [5.41, 5.74) is 3.79. The molecule has 1 unspecified atom stereocenters. The topological polar surface area (TPSA) is 30.7 Å². The molecular formula is C15H12Br2ClN3. The Balaban J connectivity index is 2.39. The Morgan fingerprint density at radius 2 is 2.05 bits per heavy atom. The first kappa shape index (κ1) is 15.0. The Labute approximate surface area is 144 Å². The van der Waals surface area contributed by atoms with Crippen molar-refractivity contribution in [3.8, 4) is 5.69 Å². The monoisotopic (exact) mass is 427 g/mol. The third kappa shape index (κ3) is 2.62. The lowest BCUT2D eigenvalue weighted by Crippen LogP contribution is -2.04. The minimum Gasteiger partial charge on any atom is -0.279 e. The van der Waals surface area contributed by atoms with Crippen LogP contribution in [0.25, 0.3) is 16.9 Å². The summed E-state index contributed by atoms with van der Waals surface area (Å²) in [7, 11) is 0. The number of rotatable bonds is 2. The summed E-state index contributed by atoms with van der Waals surface area (Å²) in [6.07, 6.45) is 1.77. The Kier molecular flexibility index (Phi) is 4.08. The highest BCUT2D eigenvalue weighted by Crippen LogP contribution is 2.31. The molecule has 1 atom stereocenters. The van der Waals surface area contributed by atoms with Gasteiger partial charge in [-0.3, -0.25) is 4.57 Å². The van der Waals surface area contributed by atoms with Gasteiger partial charge in [0.1, 0.15) is 11.3 Å². The van der Waals surface area contributed by atoms with Crippen LogP contribution < -0.4 is 0 Å². The molecule has 0 aliphatic carbocycles. The van der Waals surface area contributed by atoms with E-state index in [2.05, 4.69) is 48.8 Å². The largest absolute Gasteiger partial charge is 0.279 e. The highest BCUT2D eigenvalue weighted by atomic mass is 79.9. The third-order valence-corrected chi connectivity index (χ3v) is 4.81. The third-order valence-electron chi connectivity index (χ3n) is 3.33. The van der Waals surface area contributed by atoms with Crippen LogP contribution in [0.5, 0.6) is 0 Å². The van der Waals surface area contributed by atoms with Gasteiger partial charge in [-0.2, -0.15) is 0 Å². The number of fused-ring (bicyclic) bond motifs is 1. The molecule has 3 rings (SSSR count). The van der Waals surface area contributed by atoms with Gasteiger partial charge >= 0.3 is 0 Å². The van der Waals surface area contributed by atoms with Crippen LogP contribution in [0.15, 0.2) is 39.4 Å². The first-order chi connectivity index (χ1) is 9.99. The van der Waals surface area contributed by atoms with Crippen molar-refractivity contribution in [2.24, 2.45) is 0 Å². The van der Waals surface area contributed by atoms with E-state index in [0.29, 0.717) is 0 Å². The van der Waals surface area contributed by atoms with Crippen LogP contribution in [0.2, 0.25) is 0 Å². The van der Waals surface area contributed by atoms with Crippen LogP contribution >= 0.6 is 43.5 Å². The molecule has 0 bridgehead atoms. The number of imidazole rings is 1. The van der Waals surface area contributed by atoms with Crippen molar-refractivity contribution in [3.63, 3.8) is 0 Å². The van der Waals surface area contributed by atoms with E-state index in [1.807, 2.05) is 35.8 Å². The van der Waals surface area contributed by atoms with Crippen molar-refractivity contribution in [1.29, 1.82) is 0 Å². The number of pyridine rings is 1. The molecule has 2 aromatic heterocycles. The molecular weight excluding hydrogens is 417 g/mol. The summed E-state index contributed by atoms with van der Waals surface area (Å²) in [5.74, 6) is 0.790. The van der Waals surface area contributed by atoms with Crippen molar-refractivity contribution in [2.75, 3.05) is 0 Å². The predicted molar refractivity (Wildman–Crippen MR) is 93.3 cm³/mol. The lowest BCUT2D eigenvalue weighted by atomic mass is 10.2. The van der Waals surface area contributed by atoms with Crippen LogP contribution in [-0.2, 0) is 0 Å². The highest BCUT2D eigenvalue weighted by Gasteiger charge is 2.19. The summed E-state index contributed by atoms with van der Waals surface area (Å²) in [5, 5.41) is -0.212. The molecule has 1 aromatic carbocycles. The summed E-state index contributed by atoms with van der Waals surface area (Å²) < 4.78 is 3.98. The van der Waals surface area contributed by atoms with Gasteiger partial charge in [0, 0.05) is 15.1 Å². The van der Waals surface area contributed by atoms with E-state index in [1.54, 1.807) is 6.20 Å². The standard InChI is InChI=1S/C15H12Br2ClN3/c1-8-11(17)4-3-5-13(8)21-14(9(2)18)20-12-6-10(16)7-19-15(12)21/h3-7,9H,1-2H3. The van der Waals surface area contributed by atoms with Gasteiger partial charge in [-0.25, -0.2) is 9.97 Å². The molecule has 0 radical (unpaired) electrons. The number of benzene rings is 1. The molecule has 6 heteroatoms. The van der Waals surface area contributed by atoms with Gasteiger partial charge in [0.25, 0.3) is 0 Å². The van der Waals surface area contributed by atoms with E-state index in [4.69, 9.17) is 11.6 Å². The molecule has 0 saturated heterocycles. The first-order valence-electron chi connectivity index (χ1n) is 6.42. The minimum atomic E-state index is -0.212. The van der Waals surface area contributed by atoms with Gasteiger partial charge < -0.3 is 0 Å². The van der Waals surface area contributed by atoms with Crippen molar-refractivity contribution in [1.82, 2.24) is 14.5 Å². The molecule has 21 heavy (non-hydrogen) atoms. The second-order valence-corrected chi connectivity index (χ2v) is 7.23. The average molecular weight is 430 g/mol. The molecule has 0 N–H and O–H groups in total. The molecule has 0 aliphatic rings. The quantitative estimate of drug-likeness (QED) is 0.500. The first-order valence-corrected chi connectivity index (χ1v) is 8.44. The lowest BCUT2D eigenvalue weighted by molar-refractivity contribution is 0.872. The van der Waals surface area contributed by atoms with Gasteiger partial charge in [-0.15, -0.1) is 11.6 Å². The van der Waals surface area contributed by atoms with Crippen LogP contribution in [0.1, 0.15) is 23.7 Å². The maximum atomic E-state index is 6.33. The van der Waals surface area contributed by atoms with E-state index in [0.717, 1.165) is 37.2 Å². The molecule has 0 aliphatic heterocycles. The SMILES string of the molecule is Cc1c(Br)cccc1-n1c(C(C)Cl)nc2cc(Br)cnc21. The summed E-state index contributed by atoms with van der Waals surface area (Å²) in [6.45, 7) is 3.98. The number of aromatic nitrogens is 3. The number of hydrogen-bond acceptors (Lipinski definition) is 2. The highest BCUT2D eigenvalue weighted by molar-refractivity contribution is 9.10. The maximum Gasteiger partial charge on any atom is 0.164 e. The van der Waals surface area contributed by atoms with Crippen LogP contribution in [0, 0.1) is 6.92 Å². The van der Waals surface area contributed by atoms with Crippen LogP contribution in [-0.4, -0.2) is 14.5 Å². The Hall–Kier alpha value is -0.910. The van der Waals surface area contributed by atoms with E-state index in [1.165, 1.54) is 0 Å². The number of nitrogens with zero attached hydrogens (tertiary/aromatic N) is 3. The fourth-order valence-electron chi connectivity index (χ4n) is 2.30. The predicted octanol–water partition coefficient (Wildman–Crippen LogP) is 5.55. The van der Waals surface area contributed by atoms with Crippen LogP contribution in [0.3, 0.4) is 0 Å². The van der Waals surface area contributed by atoms with Crippen molar-refractivity contribution in [2.45, 2.75) is 19.2 Å². The van der Waals surface area contributed by atoms with Crippen molar-refractivity contribution >= 4 is 54.6 Å². The van der Waals surface area contributed by atoms with Gasteiger partial charge in [0.15, 0.2) is 5.65 Å². The molecule has 0 saturated carbocycles. The number of alkyl halides is 1. The summed E-state index contributed by atoms with van der Waals surface area (Å²) in [4.78, 5) is 9.15. The zero-order chi connectivity index (χ0) is 15.1. The Morgan fingerprint density at radius 1 is 1.29 bits per heavy atom. The number of halogens is 3. The number of hydrogen-bond donors (Lipinski definition) is 0. The van der Waals surface area contributed by atoms with Gasteiger partial charge in [0.05, 0.1) is 11.1 Å². The maximum absolute atomic E-state index is 6.33. The Morgan fingerprint density at radius 3 is 2.76 bits per heavy atom. The second kappa shape index (κ2) is 5.71. The van der Waals surface area contributed by atoms with Crippen molar-refractivity contribution < 1.29 is 0 Å². The summed E-state index contributed by atoms with van der Waals surface area (Å²) >= 11 is 13.3.